The van der Waals surface area contributed by atoms with Crippen LogP contribution in [-0.4, -0.2) is 58.3 Å². The summed E-state index contributed by atoms with van der Waals surface area (Å²) in [5.41, 5.74) is -0.846. The summed E-state index contributed by atoms with van der Waals surface area (Å²) in [6.07, 6.45) is 0.716. The van der Waals surface area contributed by atoms with Gasteiger partial charge >= 0.3 is 5.69 Å². The minimum Gasteiger partial charge on any atom is -0.490 e. The largest absolute Gasteiger partial charge is 0.490 e. The average molecular weight is 509 g/mol. The summed E-state index contributed by atoms with van der Waals surface area (Å²) >= 11 is 12.1. The maximum absolute atomic E-state index is 12.1. The summed E-state index contributed by atoms with van der Waals surface area (Å²) < 4.78 is 8.21. The lowest BCUT2D eigenvalue weighted by molar-refractivity contribution is -0.384. The molecule has 0 aliphatic carbocycles. The Labute approximate surface area is 200 Å². The lowest BCUT2D eigenvalue weighted by Gasteiger charge is -2.36. The zero-order chi connectivity index (χ0) is 22.7. The first kappa shape index (κ1) is 26.0. The SMILES string of the molecule is Cl.Cn1c(N2CCN(CCCOc3c(Cl)cc([N+](=O)[O-])cc3Cl)CC2)cc(=O)n(C)c1=O. The molecular formula is C19H24Cl3N5O5. The molecule has 0 radical (unpaired) electrons. The molecule has 176 valence electrons. The monoisotopic (exact) mass is 507 g/mol. The highest BCUT2D eigenvalue weighted by Gasteiger charge is 2.20. The van der Waals surface area contributed by atoms with E-state index in [1.807, 2.05) is 4.90 Å². The van der Waals surface area contributed by atoms with Crippen LogP contribution in [0.5, 0.6) is 5.75 Å². The second-order valence-electron chi connectivity index (χ2n) is 7.27. The summed E-state index contributed by atoms with van der Waals surface area (Å²) in [5, 5.41) is 11.0. The van der Waals surface area contributed by atoms with E-state index in [1.165, 1.54) is 29.8 Å². The minimum absolute atomic E-state index is 0. The van der Waals surface area contributed by atoms with Crippen molar-refractivity contribution in [2.75, 3.05) is 44.2 Å². The van der Waals surface area contributed by atoms with Crippen molar-refractivity contribution in [1.82, 2.24) is 14.0 Å². The van der Waals surface area contributed by atoms with Gasteiger partial charge in [0.2, 0.25) is 0 Å². The molecule has 3 rings (SSSR count). The van der Waals surface area contributed by atoms with Gasteiger partial charge in [-0.1, -0.05) is 23.2 Å². The molecule has 10 nitrogen and oxygen atoms in total. The van der Waals surface area contributed by atoms with Gasteiger partial charge in [0.05, 0.1) is 21.6 Å². The minimum atomic E-state index is -0.563. The Kier molecular flexibility index (Phi) is 8.97. The van der Waals surface area contributed by atoms with E-state index in [0.29, 0.717) is 31.9 Å². The van der Waals surface area contributed by atoms with E-state index in [-0.39, 0.29) is 45.1 Å². The second kappa shape index (κ2) is 11.0. The molecular weight excluding hydrogens is 485 g/mol. The number of anilines is 1. The van der Waals surface area contributed by atoms with Crippen molar-refractivity contribution in [3.63, 3.8) is 0 Å². The van der Waals surface area contributed by atoms with Crippen LogP contribution in [0.4, 0.5) is 11.5 Å². The number of piperazine rings is 1. The number of non-ortho nitro benzene ring substituents is 1. The highest BCUT2D eigenvalue weighted by Crippen LogP contribution is 2.36. The molecule has 0 saturated carbocycles. The topological polar surface area (TPSA) is 103 Å². The molecule has 13 heteroatoms. The summed E-state index contributed by atoms with van der Waals surface area (Å²) in [5.74, 6) is 0.865. The fourth-order valence-electron chi connectivity index (χ4n) is 3.48. The van der Waals surface area contributed by atoms with Gasteiger partial charge in [-0.3, -0.25) is 28.9 Å². The number of rotatable bonds is 7. The lowest BCUT2D eigenvalue weighted by atomic mass is 10.3. The fraction of sp³-hybridized carbons (Fsp3) is 0.474. The third-order valence-electron chi connectivity index (χ3n) is 5.26. The quantitative estimate of drug-likeness (QED) is 0.321. The van der Waals surface area contributed by atoms with Gasteiger partial charge in [-0.25, -0.2) is 4.79 Å². The van der Waals surface area contributed by atoms with E-state index in [4.69, 9.17) is 27.9 Å². The molecule has 0 N–H and O–H groups in total. The number of halogens is 3. The molecule has 1 aliphatic heterocycles. The van der Waals surface area contributed by atoms with Crippen molar-refractivity contribution in [2.24, 2.45) is 14.1 Å². The van der Waals surface area contributed by atoms with Crippen LogP contribution >= 0.6 is 35.6 Å². The summed E-state index contributed by atoms with van der Waals surface area (Å²) in [6, 6.07) is 3.92. The van der Waals surface area contributed by atoms with E-state index in [0.717, 1.165) is 24.2 Å². The van der Waals surface area contributed by atoms with Crippen LogP contribution in [-0.2, 0) is 14.1 Å². The molecule has 1 aliphatic rings. The van der Waals surface area contributed by atoms with Gasteiger partial charge in [0, 0.05) is 65.0 Å². The predicted molar refractivity (Wildman–Crippen MR) is 126 cm³/mol. The molecule has 0 unspecified atom stereocenters. The molecule has 1 aromatic carbocycles. The van der Waals surface area contributed by atoms with Gasteiger partial charge in [-0.2, -0.15) is 0 Å². The third kappa shape index (κ3) is 5.74. The fourth-order valence-corrected chi connectivity index (χ4v) is 4.06. The molecule has 32 heavy (non-hydrogen) atoms. The molecule has 1 fully saturated rings. The molecule has 2 heterocycles. The van der Waals surface area contributed by atoms with Crippen molar-refractivity contribution in [2.45, 2.75) is 6.42 Å². The summed E-state index contributed by atoms with van der Waals surface area (Å²) in [7, 11) is 3.13. The summed E-state index contributed by atoms with van der Waals surface area (Å²) in [6.45, 7) is 4.10. The number of benzene rings is 1. The number of aromatic nitrogens is 2. The molecule has 0 bridgehead atoms. The Balaban J connectivity index is 0.00000363. The molecule has 2 aromatic rings. The molecule has 0 atom stereocenters. The van der Waals surface area contributed by atoms with E-state index in [2.05, 4.69) is 4.90 Å². The van der Waals surface area contributed by atoms with Crippen LogP contribution in [0.2, 0.25) is 10.0 Å². The van der Waals surface area contributed by atoms with Crippen molar-refractivity contribution >= 4 is 47.1 Å². The predicted octanol–water partition coefficient (Wildman–Crippen LogP) is 2.31. The number of ether oxygens (including phenoxy) is 1. The molecule has 0 amide bonds. The van der Waals surface area contributed by atoms with Gasteiger partial charge in [0.1, 0.15) is 5.82 Å². The van der Waals surface area contributed by atoms with Crippen molar-refractivity contribution in [3.8, 4) is 5.75 Å². The first-order valence-corrected chi connectivity index (χ1v) is 10.4. The number of hydrogen-bond acceptors (Lipinski definition) is 7. The van der Waals surface area contributed by atoms with Crippen LogP contribution in [0, 0.1) is 10.1 Å². The van der Waals surface area contributed by atoms with Gasteiger partial charge in [0.25, 0.3) is 11.2 Å². The Hall–Kier alpha value is -2.27. The van der Waals surface area contributed by atoms with E-state index >= 15 is 0 Å². The summed E-state index contributed by atoms with van der Waals surface area (Å²) in [4.78, 5) is 38.7. The van der Waals surface area contributed by atoms with Gasteiger partial charge in [-0.05, 0) is 6.42 Å². The third-order valence-corrected chi connectivity index (χ3v) is 5.82. The maximum Gasteiger partial charge on any atom is 0.332 e. The maximum atomic E-state index is 12.1. The van der Waals surface area contributed by atoms with Crippen molar-refractivity contribution in [3.05, 3.63) is 59.2 Å². The lowest BCUT2D eigenvalue weighted by Crippen LogP contribution is -2.49. The van der Waals surface area contributed by atoms with Crippen LogP contribution in [0.1, 0.15) is 6.42 Å². The van der Waals surface area contributed by atoms with Crippen LogP contribution in [0.15, 0.2) is 27.8 Å². The van der Waals surface area contributed by atoms with Gasteiger partial charge in [-0.15, -0.1) is 12.4 Å². The Morgan fingerprint density at radius 1 is 1.03 bits per heavy atom. The number of nitro benzene ring substituents is 1. The Morgan fingerprint density at radius 3 is 2.19 bits per heavy atom. The van der Waals surface area contributed by atoms with Crippen molar-refractivity contribution in [1.29, 1.82) is 0 Å². The van der Waals surface area contributed by atoms with Gasteiger partial charge < -0.3 is 9.64 Å². The van der Waals surface area contributed by atoms with Crippen LogP contribution in [0.3, 0.4) is 0 Å². The van der Waals surface area contributed by atoms with E-state index < -0.39 is 4.92 Å². The molecule has 1 saturated heterocycles. The highest BCUT2D eigenvalue weighted by molar-refractivity contribution is 6.37. The van der Waals surface area contributed by atoms with E-state index in [9.17, 15) is 19.7 Å². The van der Waals surface area contributed by atoms with E-state index in [1.54, 1.807) is 7.05 Å². The first-order valence-electron chi connectivity index (χ1n) is 9.69. The normalized spacial score (nSPS) is 14.2. The van der Waals surface area contributed by atoms with Crippen LogP contribution in [0.25, 0.3) is 0 Å². The number of hydrogen-bond donors (Lipinski definition) is 0. The number of nitrogens with zero attached hydrogens (tertiary/aromatic N) is 5. The zero-order valence-corrected chi connectivity index (χ0v) is 20.0. The number of nitro groups is 1. The second-order valence-corrected chi connectivity index (χ2v) is 8.08. The van der Waals surface area contributed by atoms with Crippen LogP contribution < -0.4 is 20.9 Å². The highest BCUT2D eigenvalue weighted by atomic mass is 35.5. The van der Waals surface area contributed by atoms with Crippen molar-refractivity contribution < 1.29 is 9.66 Å². The molecule has 0 spiro atoms. The Bertz CT molecular complexity index is 1070. The Morgan fingerprint density at radius 2 is 1.62 bits per heavy atom. The van der Waals surface area contributed by atoms with Gasteiger partial charge in [0.15, 0.2) is 5.75 Å². The molecule has 1 aromatic heterocycles. The first-order chi connectivity index (χ1) is 14.7. The standard InChI is InChI=1S/C19H23Cl2N5O5.ClH/c1-22-16(12-17(27)23(2)19(22)28)25-7-5-24(6-8-25)4-3-9-31-18-14(20)10-13(26(29)30)11-15(18)21;/h10-12H,3-9H2,1-2H3;1H. The zero-order valence-electron chi connectivity index (χ0n) is 17.6. The average Bonchev–Trinajstić information content (AvgIpc) is 2.74. The smallest absolute Gasteiger partial charge is 0.332 e.